The number of anilines is 2. The number of hydrogen-bond acceptors (Lipinski definition) is 6. The molecule has 0 fully saturated rings. The zero-order valence-electron chi connectivity index (χ0n) is 13.8. The predicted octanol–water partition coefficient (Wildman–Crippen LogP) is 2.64. The summed E-state index contributed by atoms with van der Waals surface area (Å²) in [6.07, 6.45) is 1.45. The van der Waals surface area contributed by atoms with Gasteiger partial charge in [-0.15, -0.1) is 0 Å². The van der Waals surface area contributed by atoms with Crippen LogP contribution >= 0.6 is 11.6 Å². The molecule has 0 spiro atoms. The Labute approximate surface area is 150 Å². The Hall–Kier alpha value is -2.64. The summed E-state index contributed by atoms with van der Waals surface area (Å²) in [4.78, 5) is 27.7. The minimum absolute atomic E-state index is 0.234. The Balaban J connectivity index is 2.08. The second-order valence-corrected chi connectivity index (χ2v) is 5.40. The zero-order valence-corrected chi connectivity index (χ0v) is 14.6. The van der Waals surface area contributed by atoms with Crippen molar-refractivity contribution in [3.05, 3.63) is 52.7 Å². The van der Waals surface area contributed by atoms with Crippen LogP contribution in [0.15, 0.2) is 36.5 Å². The molecule has 2 N–H and O–H groups in total. The van der Waals surface area contributed by atoms with Crippen molar-refractivity contribution in [2.45, 2.75) is 0 Å². The van der Waals surface area contributed by atoms with Crippen LogP contribution in [0.5, 0.6) is 0 Å². The molecule has 1 aromatic heterocycles. The number of carbonyl (C=O) groups is 2. The van der Waals surface area contributed by atoms with Crippen molar-refractivity contribution in [2.75, 3.05) is 32.7 Å². The molecule has 0 atom stereocenters. The highest BCUT2D eigenvalue weighted by Gasteiger charge is 2.10. The number of aromatic nitrogens is 1. The Bertz CT molecular complexity index is 750. The first-order chi connectivity index (χ1) is 12.0. The lowest BCUT2D eigenvalue weighted by atomic mass is 10.2. The molecule has 0 aliphatic rings. The van der Waals surface area contributed by atoms with Gasteiger partial charge in [0.15, 0.2) is 0 Å². The molecule has 0 aliphatic heterocycles. The molecule has 2 rings (SSSR count). The van der Waals surface area contributed by atoms with Crippen molar-refractivity contribution in [1.29, 1.82) is 0 Å². The van der Waals surface area contributed by atoms with Gasteiger partial charge in [0.2, 0.25) is 0 Å². The van der Waals surface area contributed by atoms with Gasteiger partial charge in [0.25, 0.3) is 5.91 Å². The number of esters is 1. The molecule has 25 heavy (non-hydrogen) atoms. The van der Waals surface area contributed by atoms with Crippen LogP contribution in [0.4, 0.5) is 11.5 Å². The quantitative estimate of drug-likeness (QED) is 0.580. The predicted molar refractivity (Wildman–Crippen MR) is 94.5 cm³/mol. The minimum Gasteiger partial charge on any atom is -0.465 e. The maximum Gasteiger partial charge on any atom is 0.337 e. The third-order valence-electron chi connectivity index (χ3n) is 3.27. The first-order valence-electron chi connectivity index (χ1n) is 7.43. The lowest BCUT2D eigenvalue weighted by Gasteiger charge is -2.10. The third kappa shape index (κ3) is 5.17. The molecular formula is C17H18ClN3O4. The van der Waals surface area contributed by atoms with E-state index in [0.29, 0.717) is 40.8 Å². The largest absolute Gasteiger partial charge is 0.465 e. The van der Waals surface area contributed by atoms with Crippen LogP contribution in [-0.4, -0.2) is 44.2 Å². The van der Waals surface area contributed by atoms with E-state index in [1.807, 2.05) is 0 Å². The second kappa shape index (κ2) is 9.00. The fraction of sp³-hybridized carbons (Fsp3) is 0.235. The van der Waals surface area contributed by atoms with Crippen LogP contribution in [0.1, 0.15) is 20.7 Å². The van der Waals surface area contributed by atoms with Crippen molar-refractivity contribution < 1.29 is 19.1 Å². The van der Waals surface area contributed by atoms with E-state index in [1.54, 1.807) is 37.4 Å². The second-order valence-electron chi connectivity index (χ2n) is 4.99. The van der Waals surface area contributed by atoms with Gasteiger partial charge >= 0.3 is 5.97 Å². The van der Waals surface area contributed by atoms with Gasteiger partial charge in [-0.3, -0.25) is 4.79 Å². The number of halogens is 1. The average Bonchev–Trinajstić information content (AvgIpc) is 2.63. The average molecular weight is 364 g/mol. The number of rotatable bonds is 7. The molecule has 0 aliphatic carbocycles. The molecule has 0 bridgehead atoms. The molecule has 8 heteroatoms. The summed E-state index contributed by atoms with van der Waals surface area (Å²) in [6.45, 7) is 0.860. The summed E-state index contributed by atoms with van der Waals surface area (Å²) in [5, 5.41) is 6.14. The van der Waals surface area contributed by atoms with Crippen molar-refractivity contribution in [1.82, 2.24) is 10.3 Å². The van der Waals surface area contributed by atoms with Gasteiger partial charge in [-0.25, -0.2) is 9.78 Å². The SMILES string of the molecule is COCCNC(=O)c1ccc(Nc2cc(C(=O)OC)ccc2Cl)nc1. The van der Waals surface area contributed by atoms with E-state index >= 15 is 0 Å². The van der Waals surface area contributed by atoms with Crippen LogP contribution in [-0.2, 0) is 9.47 Å². The lowest BCUT2D eigenvalue weighted by molar-refractivity contribution is 0.0600. The molecule has 0 radical (unpaired) electrons. The molecule has 0 unspecified atom stereocenters. The first-order valence-corrected chi connectivity index (χ1v) is 7.81. The Kier molecular flexibility index (Phi) is 6.73. The summed E-state index contributed by atoms with van der Waals surface area (Å²) < 4.78 is 9.56. The number of benzene rings is 1. The van der Waals surface area contributed by atoms with E-state index in [1.165, 1.54) is 13.3 Å². The molecule has 1 aromatic carbocycles. The van der Waals surface area contributed by atoms with E-state index in [9.17, 15) is 9.59 Å². The van der Waals surface area contributed by atoms with Gasteiger partial charge in [-0.05, 0) is 30.3 Å². The normalized spacial score (nSPS) is 10.2. The number of ether oxygens (including phenoxy) is 2. The maximum atomic E-state index is 11.9. The maximum absolute atomic E-state index is 11.9. The van der Waals surface area contributed by atoms with Crippen molar-refractivity contribution >= 4 is 35.0 Å². The number of hydrogen-bond donors (Lipinski definition) is 2. The van der Waals surface area contributed by atoms with Crippen LogP contribution in [0.3, 0.4) is 0 Å². The number of methoxy groups -OCH3 is 2. The molecule has 1 heterocycles. The Morgan fingerprint density at radius 1 is 1.16 bits per heavy atom. The van der Waals surface area contributed by atoms with Gasteiger partial charge in [0.1, 0.15) is 5.82 Å². The lowest BCUT2D eigenvalue weighted by Crippen LogP contribution is -2.26. The van der Waals surface area contributed by atoms with E-state index in [2.05, 4.69) is 20.4 Å². The molecule has 7 nitrogen and oxygen atoms in total. The summed E-state index contributed by atoms with van der Waals surface area (Å²) in [6, 6.07) is 8.01. The van der Waals surface area contributed by atoms with Gasteiger partial charge in [0, 0.05) is 19.9 Å². The topological polar surface area (TPSA) is 89.6 Å². The number of carbonyl (C=O) groups excluding carboxylic acids is 2. The molecule has 0 saturated carbocycles. The summed E-state index contributed by atoms with van der Waals surface area (Å²) in [5.74, 6) is -0.213. The molecule has 2 aromatic rings. The van der Waals surface area contributed by atoms with Gasteiger partial charge in [0.05, 0.1) is 35.6 Å². The fourth-order valence-corrected chi connectivity index (χ4v) is 2.14. The van der Waals surface area contributed by atoms with Crippen LogP contribution < -0.4 is 10.6 Å². The smallest absolute Gasteiger partial charge is 0.337 e. The van der Waals surface area contributed by atoms with Gasteiger partial charge in [-0.2, -0.15) is 0 Å². The van der Waals surface area contributed by atoms with Crippen LogP contribution in [0.25, 0.3) is 0 Å². The number of nitrogens with one attached hydrogen (secondary N) is 2. The monoisotopic (exact) mass is 363 g/mol. The highest BCUT2D eigenvalue weighted by molar-refractivity contribution is 6.33. The Morgan fingerprint density at radius 3 is 2.56 bits per heavy atom. The van der Waals surface area contributed by atoms with Crippen LogP contribution in [0.2, 0.25) is 5.02 Å². The third-order valence-corrected chi connectivity index (χ3v) is 3.60. The van der Waals surface area contributed by atoms with Crippen molar-refractivity contribution in [3.63, 3.8) is 0 Å². The fourth-order valence-electron chi connectivity index (χ4n) is 1.97. The summed E-state index contributed by atoms with van der Waals surface area (Å²) >= 11 is 6.13. The number of pyridine rings is 1. The highest BCUT2D eigenvalue weighted by Crippen LogP contribution is 2.26. The van der Waals surface area contributed by atoms with Gasteiger partial charge < -0.3 is 20.1 Å². The standard InChI is InChI=1S/C17H18ClN3O4/c1-24-8-7-19-16(22)12-4-6-15(20-10-12)21-14-9-11(17(23)25-2)3-5-13(14)18/h3-6,9-10H,7-8H2,1-2H3,(H,19,22)(H,20,21). The highest BCUT2D eigenvalue weighted by atomic mass is 35.5. The minimum atomic E-state index is -0.462. The van der Waals surface area contributed by atoms with Crippen molar-refractivity contribution in [3.8, 4) is 0 Å². The number of nitrogens with zero attached hydrogens (tertiary/aromatic N) is 1. The van der Waals surface area contributed by atoms with Gasteiger partial charge in [-0.1, -0.05) is 11.6 Å². The Morgan fingerprint density at radius 2 is 1.92 bits per heavy atom. The van der Waals surface area contributed by atoms with E-state index in [-0.39, 0.29) is 5.91 Å². The van der Waals surface area contributed by atoms with Crippen molar-refractivity contribution in [2.24, 2.45) is 0 Å². The number of amides is 1. The van der Waals surface area contributed by atoms with Crippen LogP contribution in [0, 0.1) is 0 Å². The molecule has 132 valence electrons. The molecule has 1 amide bonds. The first kappa shape index (κ1) is 18.7. The van der Waals surface area contributed by atoms with E-state index in [0.717, 1.165) is 0 Å². The summed E-state index contributed by atoms with van der Waals surface area (Å²) in [7, 11) is 2.87. The summed E-state index contributed by atoms with van der Waals surface area (Å²) in [5.41, 5.74) is 1.30. The van der Waals surface area contributed by atoms with E-state index < -0.39 is 5.97 Å². The molecular weight excluding hydrogens is 346 g/mol. The zero-order chi connectivity index (χ0) is 18.2. The van der Waals surface area contributed by atoms with E-state index in [4.69, 9.17) is 16.3 Å². The molecule has 0 saturated heterocycles.